The molecule has 1 aliphatic rings. The van der Waals surface area contributed by atoms with Crippen LogP contribution in [0.5, 0.6) is 0 Å². The molecule has 0 bridgehead atoms. The van der Waals surface area contributed by atoms with Gasteiger partial charge in [0.1, 0.15) is 11.3 Å². The first-order valence-electron chi connectivity index (χ1n) is 5.77. The first kappa shape index (κ1) is 12.8. The van der Waals surface area contributed by atoms with Crippen LogP contribution in [0.3, 0.4) is 0 Å². The van der Waals surface area contributed by atoms with Gasteiger partial charge in [-0.05, 0) is 6.07 Å². The zero-order valence-corrected chi connectivity index (χ0v) is 10.2. The van der Waals surface area contributed by atoms with Crippen LogP contribution >= 0.6 is 0 Å². The second kappa shape index (κ2) is 5.32. The summed E-state index contributed by atoms with van der Waals surface area (Å²) in [4.78, 5) is 10.5. The minimum Gasteiger partial charge on any atom is -0.378 e. The zero-order chi connectivity index (χ0) is 13.0. The number of methoxy groups -OCH3 is 1. The number of hydrogen-bond acceptors (Lipinski definition) is 5. The number of ether oxygens (including phenoxy) is 2. The van der Waals surface area contributed by atoms with Crippen molar-refractivity contribution in [3.8, 4) is 0 Å². The van der Waals surface area contributed by atoms with Crippen LogP contribution in [0.2, 0.25) is 0 Å². The highest BCUT2D eigenvalue weighted by Crippen LogP contribution is 2.27. The SMILES string of the molecule is COC1(CNc2ccccc2[N+](=O)[O-])CCOC1. The number of hydrogen-bond donors (Lipinski definition) is 1. The van der Waals surface area contributed by atoms with E-state index in [2.05, 4.69) is 5.32 Å². The summed E-state index contributed by atoms with van der Waals surface area (Å²) < 4.78 is 10.8. The van der Waals surface area contributed by atoms with Crippen molar-refractivity contribution in [2.75, 3.05) is 32.2 Å². The first-order valence-corrected chi connectivity index (χ1v) is 5.77. The molecule has 1 aliphatic heterocycles. The summed E-state index contributed by atoms with van der Waals surface area (Å²) in [6.45, 7) is 1.66. The Morgan fingerprint density at radius 2 is 2.33 bits per heavy atom. The van der Waals surface area contributed by atoms with Gasteiger partial charge in [0, 0.05) is 32.7 Å². The molecule has 0 aliphatic carbocycles. The van der Waals surface area contributed by atoms with Gasteiger partial charge in [-0.15, -0.1) is 0 Å². The van der Waals surface area contributed by atoms with Crippen molar-refractivity contribution in [1.82, 2.24) is 0 Å². The predicted octanol–water partition coefficient (Wildman–Crippen LogP) is 1.81. The fourth-order valence-corrected chi connectivity index (χ4v) is 2.00. The highest BCUT2D eigenvalue weighted by molar-refractivity contribution is 5.61. The fraction of sp³-hybridized carbons (Fsp3) is 0.500. The summed E-state index contributed by atoms with van der Waals surface area (Å²) in [5.41, 5.74) is 0.192. The molecule has 1 fully saturated rings. The van der Waals surface area contributed by atoms with E-state index < -0.39 is 4.92 Å². The number of nitrogens with one attached hydrogen (secondary N) is 1. The Hall–Kier alpha value is -1.66. The van der Waals surface area contributed by atoms with Crippen LogP contribution in [0.1, 0.15) is 6.42 Å². The minimum atomic E-state index is -0.396. The van der Waals surface area contributed by atoms with Gasteiger partial charge < -0.3 is 14.8 Å². The van der Waals surface area contributed by atoms with Crippen LogP contribution in [0.25, 0.3) is 0 Å². The highest BCUT2D eigenvalue weighted by Gasteiger charge is 2.35. The summed E-state index contributed by atoms with van der Waals surface area (Å²) in [5, 5.41) is 14.0. The molecule has 2 rings (SSSR count). The van der Waals surface area contributed by atoms with E-state index in [1.54, 1.807) is 25.3 Å². The van der Waals surface area contributed by atoms with E-state index in [9.17, 15) is 10.1 Å². The molecule has 1 N–H and O–H groups in total. The van der Waals surface area contributed by atoms with Gasteiger partial charge in [0.25, 0.3) is 5.69 Å². The fourth-order valence-electron chi connectivity index (χ4n) is 2.00. The third-order valence-electron chi connectivity index (χ3n) is 3.20. The molecular weight excluding hydrogens is 236 g/mol. The van der Waals surface area contributed by atoms with Gasteiger partial charge in [-0.3, -0.25) is 10.1 Å². The van der Waals surface area contributed by atoms with E-state index in [1.165, 1.54) is 6.07 Å². The summed E-state index contributed by atoms with van der Waals surface area (Å²) in [7, 11) is 1.63. The number of anilines is 1. The Morgan fingerprint density at radius 1 is 1.56 bits per heavy atom. The van der Waals surface area contributed by atoms with E-state index >= 15 is 0 Å². The standard InChI is InChI=1S/C12H16N2O4/c1-17-12(6-7-18-9-12)8-13-10-4-2-3-5-11(10)14(15)16/h2-5,13H,6-9H2,1H3. The lowest BCUT2D eigenvalue weighted by atomic mass is 10.0. The second-order valence-corrected chi connectivity index (χ2v) is 4.32. The minimum absolute atomic E-state index is 0.0719. The number of nitrogens with zero attached hydrogens (tertiary/aromatic N) is 1. The van der Waals surface area contributed by atoms with Crippen molar-refractivity contribution in [1.29, 1.82) is 0 Å². The molecule has 1 saturated heterocycles. The summed E-state index contributed by atoms with van der Waals surface area (Å²) in [6, 6.07) is 6.58. The van der Waals surface area contributed by atoms with E-state index in [-0.39, 0.29) is 11.3 Å². The van der Waals surface area contributed by atoms with Crippen LogP contribution < -0.4 is 5.32 Å². The molecule has 1 aromatic rings. The smallest absolute Gasteiger partial charge is 0.292 e. The average molecular weight is 252 g/mol. The van der Waals surface area contributed by atoms with Crippen LogP contribution in [0.4, 0.5) is 11.4 Å². The Balaban J connectivity index is 2.08. The molecule has 18 heavy (non-hydrogen) atoms. The first-order chi connectivity index (χ1) is 8.67. The van der Waals surface area contributed by atoms with Crippen molar-refractivity contribution in [3.63, 3.8) is 0 Å². The zero-order valence-electron chi connectivity index (χ0n) is 10.2. The molecule has 0 aromatic heterocycles. The third kappa shape index (κ3) is 2.60. The normalized spacial score (nSPS) is 22.9. The molecule has 0 amide bonds. The van der Waals surface area contributed by atoms with E-state index in [0.29, 0.717) is 25.4 Å². The summed E-state index contributed by atoms with van der Waals surface area (Å²) >= 11 is 0. The maximum Gasteiger partial charge on any atom is 0.292 e. The largest absolute Gasteiger partial charge is 0.378 e. The summed E-state index contributed by atoms with van der Waals surface area (Å²) in [5.74, 6) is 0. The molecular formula is C12H16N2O4. The van der Waals surface area contributed by atoms with Gasteiger partial charge in [0.2, 0.25) is 0 Å². The maximum atomic E-state index is 10.9. The Labute approximate surface area is 105 Å². The Morgan fingerprint density at radius 3 is 2.94 bits per heavy atom. The number of rotatable bonds is 5. The van der Waals surface area contributed by atoms with Crippen molar-refractivity contribution in [3.05, 3.63) is 34.4 Å². The van der Waals surface area contributed by atoms with Crippen molar-refractivity contribution in [2.24, 2.45) is 0 Å². The predicted molar refractivity (Wildman–Crippen MR) is 66.8 cm³/mol. The molecule has 1 unspecified atom stereocenters. The molecule has 1 atom stereocenters. The quantitative estimate of drug-likeness (QED) is 0.639. The number of para-hydroxylation sites is 2. The van der Waals surface area contributed by atoms with Crippen molar-refractivity contribution < 1.29 is 14.4 Å². The molecule has 6 heteroatoms. The molecule has 0 radical (unpaired) electrons. The van der Waals surface area contributed by atoms with Crippen LogP contribution in [0, 0.1) is 10.1 Å². The third-order valence-corrected chi connectivity index (χ3v) is 3.20. The van der Waals surface area contributed by atoms with Gasteiger partial charge in [-0.1, -0.05) is 12.1 Å². The maximum absolute atomic E-state index is 10.9. The monoisotopic (exact) mass is 252 g/mol. The second-order valence-electron chi connectivity index (χ2n) is 4.32. The van der Waals surface area contributed by atoms with Crippen LogP contribution in [0.15, 0.2) is 24.3 Å². The topological polar surface area (TPSA) is 73.6 Å². The van der Waals surface area contributed by atoms with Gasteiger partial charge in [0.15, 0.2) is 0 Å². The van der Waals surface area contributed by atoms with Gasteiger partial charge in [-0.2, -0.15) is 0 Å². The lowest BCUT2D eigenvalue weighted by Gasteiger charge is -2.26. The van der Waals surface area contributed by atoms with Crippen LogP contribution in [-0.2, 0) is 9.47 Å². The number of nitro groups is 1. The van der Waals surface area contributed by atoms with Crippen LogP contribution in [-0.4, -0.2) is 37.4 Å². The Kier molecular flexibility index (Phi) is 3.78. The Bertz CT molecular complexity index is 430. The molecule has 1 aromatic carbocycles. The number of nitro benzene ring substituents is 1. The molecule has 0 spiro atoms. The van der Waals surface area contributed by atoms with Gasteiger partial charge in [0.05, 0.1) is 11.5 Å². The van der Waals surface area contributed by atoms with Crippen molar-refractivity contribution >= 4 is 11.4 Å². The molecule has 0 saturated carbocycles. The molecule has 1 heterocycles. The lowest BCUT2D eigenvalue weighted by Crippen LogP contribution is -2.39. The lowest BCUT2D eigenvalue weighted by molar-refractivity contribution is -0.384. The molecule has 6 nitrogen and oxygen atoms in total. The van der Waals surface area contributed by atoms with Gasteiger partial charge in [-0.25, -0.2) is 0 Å². The van der Waals surface area contributed by atoms with Crippen molar-refractivity contribution in [2.45, 2.75) is 12.0 Å². The molecule has 98 valence electrons. The number of benzene rings is 1. The van der Waals surface area contributed by atoms with E-state index in [4.69, 9.17) is 9.47 Å². The highest BCUT2D eigenvalue weighted by atomic mass is 16.6. The van der Waals surface area contributed by atoms with E-state index in [0.717, 1.165) is 6.42 Å². The van der Waals surface area contributed by atoms with Gasteiger partial charge >= 0.3 is 0 Å². The van der Waals surface area contributed by atoms with E-state index in [1.807, 2.05) is 0 Å². The summed E-state index contributed by atoms with van der Waals surface area (Å²) in [6.07, 6.45) is 0.789. The average Bonchev–Trinajstić information content (AvgIpc) is 2.86.